The Balaban J connectivity index is 0. The zero-order valence-corrected chi connectivity index (χ0v) is 7.17. The number of hydrogen-bond donors (Lipinski definition) is 0. The molecule has 0 saturated heterocycles. The molecule has 0 nitrogen and oxygen atoms in total. The van der Waals surface area contributed by atoms with Crippen LogP contribution in [0.25, 0.3) is 0 Å². The van der Waals surface area contributed by atoms with Gasteiger partial charge in [-0.15, -0.1) is 0 Å². The van der Waals surface area contributed by atoms with Crippen molar-refractivity contribution in [3.8, 4) is 0 Å². The molecule has 0 aromatic rings. The summed E-state index contributed by atoms with van der Waals surface area (Å²) in [7, 11) is -3.67. The fraction of sp³-hybridized carbons (Fsp3) is 1.00. The van der Waals surface area contributed by atoms with Crippen LogP contribution in [0.2, 0.25) is 0 Å². The molecule has 0 saturated carbocycles. The van der Waals surface area contributed by atoms with Crippen molar-refractivity contribution >= 4 is 56.5 Å². The Morgan fingerprint density at radius 2 is 1.12 bits per heavy atom. The molecule has 0 rings (SSSR count). The van der Waals surface area contributed by atoms with Crippen LogP contribution in [0.1, 0.15) is 0 Å². The molecule has 44 valence electrons. The molecule has 0 aliphatic rings. The van der Waals surface area contributed by atoms with Gasteiger partial charge in [-0.1, -0.05) is 0 Å². The molecular formula is CHBF5K. The Labute approximate surface area is 77.6 Å². The van der Waals surface area contributed by atoms with Gasteiger partial charge in [0.05, 0.1) is 0 Å². The second-order valence-corrected chi connectivity index (χ2v) is 2.13. The molecule has 0 aromatic heterocycles. The van der Waals surface area contributed by atoms with E-state index in [1.807, 2.05) is 0 Å². The molecule has 0 aliphatic carbocycles. The fourth-order valence-corrected chi connectivity index (χ4v) is 0. The number of hydrogen-bond acceptors (Lipinski definition) is 0. The zero-order chi connectivity index (χ0) is 7.15. The third-order valence-corrected chi connectivity index (χ3v) is 0. The maximum atomic E-state index is 10.4. The summed E-state index contributed by atoms with van der Waals surface area (Å²) in [5.74, 6) is 0. The van der Waals surface area contributed by atoms with Gasteiger partial charge < -0.3 is 0 Å². The van der Waals surface area contributed by atoms with Crippen LogP contribution in [0.4, 0.5) is 21.7 Å². The molecule has 0 spiro atoms. The van der Waals surface area contributed by atoms with Gasteiger partial charge in [-0.3, -0.25) is 12.9 Å². The Hall–Kier alpha value is 1.35. The topological polar surface area (TPSA) is 0 Å². The Bertz CT molecular complexity index is 27.9. The predicted molar refractivity (Wildman–Crippen MR) is 20.8 cm³/mol. The van der Waals surface area contributed by atoms with E-state index >= 15 is 0 Å². The van der Waals surface area contributed by atoms with Gasteiger partial charge >= 0.3 is 65.8 Å². The zero-order valence-electron chi connectivity index (χ0n) is 4.04. The van der Waals surface area contributed by atoms with Crippen LogP contribution in [0.3, 0.4) is 0 Å². The third-order valence-electron chi connectivity index (χ3n) is 0. The van der Waals surface area contributed by atoms with Crippen LogP contribution in [-0.2, 0) is 0 Å². The van der Waals surface area contributed by atoms with E-state index in [1.54, 1.807) is 0 Å². The van der Waals surface area contributed by atoms with Crippen molar-refractivity contribution in [1.29, 1.82) is 0 Å². The number of rotatable bonds is 0. The molecule has 0 aliphatic heterocycles. The van der Waals surface area contributed by atoms with Crippen LogP contribution < -0.4 is 0 Å². The van der Waals surface area contributed by atoms with Crippen molar-refractivity contribution in [2.75, 3.05) is 0 Å². The van der Waals surface area contributed by atoms with Gasteiger partial charge in [0.2, 0.25) is 0 Å². The fourth-order valence-electron chi connectivity index (χ4n) is 0. The van der Waals surface area contributed by atoms with Gasteiger partial charge in [0.25, 0.3) is 0 Å². The van der Waals surface area contributed by atoms with E-state index in [2.05, 4.69) is 0 Å². The molecule has 8 heavy (non-hydrogen) atoms. The standard InChI is InChI=1S/CHF2.BF3.K/c2-1-3;2-1(3)4;/h1H;;. The summed E-state index contributed by atoms with van der Waals surface area (Å²) >= 11 is -0.271. The molecule has 0 atom stereocenters. The Morgan fingerprint density at radius 3 is 1.12 bits per heavy atom. The third kappa shape index (κ3) is 162. The average molecular weight is 158 g/mol. The monoisotopic (exact) mass is 158 g/mol. The second kappa shape index (κ2) is 8.35. The first kappa shape index (κ1) is 12.1. The molecule has 0 unspecified atom stereocenters. The second-order valence-electron chi connectivity index (χ2n) is 0.766. The number of halogens is 5. The van der Waals surface area contributed by atoms with E-state index in [0.717, 1.165) is 0 Å². The van der Waals surface area contributed by atoms with Gasteiger partial charge in [-0.05, 0) is 0 Å². The first-order chi connectivity index (χ1) is 3.46. The van der Waals surface area contributed by atoms with E-state index in [1.165, 1.54) is 0 Å². The van der Waals surface area contributed by atoms with Crippen molar-refractivity contribution in [2.45, 2.75) is 0.520 Å². The molecule has 0 radical (unpaired) electrons. The Kier molecular flexibility index (Phi) is 12.6. The minimum atomic E-state index is -3.67. The average Bonchev–Trinajstić information content (AvgIpc) is 1.25. The Morgan fingerprint density at radius 1 is 1.12 bits per heavy atom. The molecule has 0 fully saturated rings. The van der Waals surface area contributed by atoms with Crippen LogP contribution in [0.15, 0.2) is 0 Å². The van der Waals surface area contributed by atoms with Gasteiger partial charge in [0, 0.05) is 0 Å². The van der Waals surface area contributed by atoms with E-state index < -0.39 is 8.06 Å². The molecule has 0 aromatic carbocycles. The van der Waals surface area contributed by atoms with Crippen LogP contribution >= 0.6 is 0 Å². The first-order valence-electron chi connectivity index (χ1n) is 1.67. The molecule has 0 N–H and O–H groups in total. The summed E-state index contributed by atoms with van der Waals surface area (Å²) in [4.78, 5) is 0. The normalized spacial score (nSPS) is 8.00. The molecule has 0 bridgehead atoms. The molecule has 0 amide bonds. The number of alkyl halides is 2. The summed E-state index contributed by atoms with van der Waals surface area (Å²) in [5.41, 5.74) is 0. The first-order valence-corrected chi connectivity index (χ1v) is 3.47. The van der Waals surface area contributed by atoms with Gasteiger partial charge in [0.15, 0.2) is 0 Å². The SMILES string of the molecule is FB(F)F.F[CH](F)[K]. The summed E-state index contributed by atoms with van der Waals surface area (Å²) in [5, 5.41) is 0. The summed E-state index contributed by atoms with van der Waals surface area (Å²) in [6, 6.07) is 0. The minimum absolute atomic E-state index is 0.271. The molecule has 0 heterocycles. The van der Waals surface area contributed by atoms with Gasteiger partial charge in [0.1, 0.15) is 0 Å². The van der Waals surface area contributed by atoms with Crippen molar-refractivity contribution in [2.24, 2.45) is 0 Å². The summed E-state index contributed by atoms with van der Waals surface area (Å²) in [6.45, 7) is 0. The quantitative estimate of drug-likeness (QED) is 0.367. The van der Waals surface area contributed by atoms with E-state index in [0.29, 0.717) is 0 Å². The predicted octanol–water partition coefficient (Wildman–Crippen LogP) is 1.26. The summed E-state index contributed by atoms with van der Waals surface area (Å²) in [6.07, 6.45) is 0. The van der Waals surface area contributed by atoms with E-state index in [-0.39, 0.29) is 49.0 Å². The van der Waals surface area contributed by atoms with E-state index in [4.69, 9.17) is 0 Å². The van der Waals surface area contributed by atoms with E-state index in [9.17, 15) is 21.7 Å². The maximum absolute atomic E-state index is 10.4. The van der Waals surface area contributed by atoms with Gasteiger partial charge in [-0.2, -0.15) is 0 Å². The van der Waals surface area contributed by atoms with Crippen LogP contribution in [-0.4, -0.2) is 57.0 Å². The van der Waals surface area contributed by atoms with Crippen molar-refractivity contribution < 1.29 is 21.7 Å². The summed E-state index contributed by atoms with van der Waals surface area (Å²) < 4.78 is 47.9. The van der Waals surface area contributed by atoms with Crippen LogP contribution in [0.5, 0.6) is 0 Å². The van der Waals surface area contributed by atoms with Gasteiger partial charge in [-0.25, -0.2) is 0 Å². The van der Waals surface area contributed by atoms with Crippen molar-refractivity contribution in [3.63, 3.8) is 0 Å². The van der Waals surface area contributed by atoms with Crippen molar-refractivity contribution in [1.82, 2.24) is 0 Å². The molecular weight excluding hydrogens is 157 g/mol. The van der Waals surface area contributed by atoms with Crippen LogP contribution in [0, 0.1) is 0 Å². The molecule has 7 heteroatoms. The van der Waals surface area contributed by atoms with Crippen molar-refractivity contribution in [3.05, 3.63) is 0 Å².